The van der Waals surface area contributed by atoms with E-state index in [0.29, 0.717) is 11.5 Å². The van der Waals surface area contributed by atoms with Gasteiger partial charge < -0.3 is 5.73 Å². The van der Waals surface area contributed by atoms with Gasteiger partial charge in [0.2, 0.25) is 0 Å². The summed E-state index contributed by atoms with van der Waals surface area (Å²) in [6.07, 6.45) is 7.87. The van der Waals surface area contributed by atoms with Gasteiger partial charge >= 0.3 is 0 Å². The Labute approximate surface area is 104 Å². The fourth-order valence-electron chi connectivity index (χ4n) is 2.39. The number of aromatic nitrogens is 2. The van der Waals surface area contributed by atoms with Gasteiger partial charge in [-0.2, -0.15) is 5.10 Å². The summed E-state index contributed by atoms with van der Waals surface area (Å²) in [6.45, 7) is 6.72. The van der Waals surface area contributed by atoms with E-state index in [1.54, 1.807) is 0 Å². The topological polar surface area (TPSA) is 43.8 Å². The molecular weight excluding hydrogens is 210 g/mol. The van der Waals surface area contributed by atoms with Crippen LogP contribution in [-0.2, 0) is 6.42 Å². The van der Waals surface area contributed by atoms with E-state index in [1.165, 1.54) is 12.8 Å². The van der Waals surface area contributed by atoms with Crippen LogP contribution in [0, 0.1) is 5.41 Å². The molecule has 96 valence electrons. The summed E-state index contributed by atoms with van der Waals surface area (Å²) in [5.74, 6) is 0. The summed E-state index contributed by atoms with van der Waals surface area (Å²) in [4.78, 5) is 0. The minimum atomic E-state index is 0.271. The van der Waals surface area contributed by atoms with Crippen molar-refractivity contribution < 1.29 is 0 Å². The van der Waals surface area contributed by atoms with Crippen LogP contribution in [0.25, 0.3) is 0 Å². The van der Waals surface area contributed by atoms with Crippen molar-refractivity contribution >= 4 is 0 Å². The van der Waals surface area contributed by atoms with Crippen molar-refractivity contribution in [2.24, 2.45) is 11.1 Å². The van der Waals surface area contributed by atoms with E-state index < -0.39 is 0 Å². The number of hydrogen-bond donors (Lipinski definition) is 1. The van der Waals surface area contributed by atoms with Gasteiger partial charge in [-0.1, -0.05) is 20.8 Å². The summed E-state index contributed by atoms with van der Waals surface area (Å²) < 4.78 is 2.11. The summed E-state index contributed by atoms with van der Waals surface area (Å²) in [7, 11) is 0. The number of rotatable bonds is 6. The lowest BCUT2D eigenvalue weighted by Crippen LogP contribution is -2.32. The number of nitrogens with zero attached hydrogens (tertiary/aromatic N) is 2. The molecule has 0 aromatic carbocycles. The Kier molecular flexibility index (Phi) is 3.57. The third-order valence-electron chi connectivity index (χ3n) is 4.34. The van der Waals surface area contributed by atoms with E-state index in [2.05, 4.69) is 42.8 Å². The summed E-state index contributed by atoms with van der Waals surface area (Å²) in [5, 5.41) is 4.67. The first-order chi connectivity index (χ1) is 8.09. The Morgan fingerprint density at radius 2 is 2.06 bits per heavy atom. The Hall–Kier alpha value is -0.830. The fraction of sp³-hybridized carbons (Fsp3) is 0.786. The lowest BCUT2D eigenvalue weighted by atomic mass is 9.96. The van der Waals surface area contributed by atoms with Crippen molar-refractivity contribution in [3.8, 4) is 0 Å². The lowest BCUT2D eigenvalue weighted by Gasteiger charge is -2.17. The smallest absolute Gasteiger partial charge is 0.0640 e. The Bertz CT molecular complexity index is 361. The second-order valence-corrected chi connectivity index (χ2v) is 5.72. The summed E-state index contributed by atoms with van der Waals surface area (Å²) in [5.41, 5.74) is 7.78. The van der Waals surface area contributed by atoms with Crippen LogP contribution < -0.4 is 5.73 Å². The molecule has 0 spiro atoms. The van der Waals surface area contributed by atoms with Gasteiger partial charge in [0.15, 0.2) is 0 Å². The van der Waals surface area contributed by atoms with E-state index >= 15 is 0 Å². The zero-order valence-electron chi connectivity index (χ0n) is 11.3. The third kappa shape index (κ3) is 2.71. The highest BCUT2D eigenvalue weighted by molar-refractivity contribution is 5.07. The third-order valence-corrected chi connectivity index (χ3v) is 4.34. The molecule has 3 nitrogen and oxygen atoms in total. The molecule has 1 aliphatic carbocycles. The number of nitrogens with two attached hydrogens (primary N) is 1. The predicted octanol–water partition coefficient (Wildman–Crippen LogP) is 2.91. The van der Waals surface area contributed by atoms with Crippen LogP contribution in [0.1, 0.15) is 58.2 Å². The normalized spacial score (nSPS) is 19.6. The second kappa shape index (κ2) is 4.81. The van der Waals surface area contributed by atoms with Gasteiger partial charge in [0, 0.05) is 18.7 Å². The minimum Gasteiger partial charge on any atom is -0.327 e. The van der Waals surface area contributed by atoms with Crippen LogP contribution in [0.2, 0.25) is 0 Å². The minimum absolute atomic E-state index is 0.271. The van der Waals surface area contributed by atoms with Crippen LogP contribution in [0.15, 0.2) is 12.3 Å². The zero-order valence-corrected chi connectivity index (χ0v) is 11.3. The molecule has 0 radical (unpaired) electrons. The standard InChI is InChI=1S/C14H25N3/c1-4-12(5-2)17-9-6-11(16-17)10-13(15)14(3)7-8-14/h6,9,12-13H,4-5,7-8,10,15H2,1-3H3. The first-order valence-corrected chi connectivity index (χ1v) is 6.88. The van der Waals surface area contributed by atoms with Crippen molar-refractivity contribution in [1.82, 2.24) is 9.78 Å². The Morgan fingerprint density at radius 1 is 1.41 bits per heavy atom. The average Bonchev–Trinajstić information content (AvgIpc) is 2.90. The highest BCUT2D eigenvalue weighted by atomic mass is 15.3. The van der Waals surface area contributed by atoms with Gasteiger partial charge in [-0.15, -0.1) is 0 Å². The molecule has 2 rings (SSSR count). The van der Waals surface area contributed by atoms with E-state index in [0.717, 1.165) is 25.0 Å². The van der Waals surface area contributed by atoms with E-state index in [9.17, 15) is 0 Å². The van der Waals surface area contributed by atoms with Crippen LogP contribution in [0.4, 0.5) is 0 Å². The highest BCUT2D eigenvalue weighted by Gasteiger charge is 2.42. The molecule has 1 atom stereocenters. The van der Waals surface area contributed by atoms with Crippen LogP contribution in [0.5, 0.6) is 0 Å². The average molecular weight is 235 g/mol. The van der Waals surface area contributed by atoms with Crippen LogP contribution in [-0.4, -0.2) is 15.8 Å². The summed E-state index contributed by atoms with van der Waals surface area (Å²) in [6, 6.07) is 2.94. The summed E-state index contributed by atoms with van der Waals surface area (Å²) >= 11 is 0. The monoisotopic (exact) mass is 235 g/mol. The second-order valence-electron chi connectivity index (χ2n) is 5.72. The largest absolute Gasteiger partial charge is 0.327 e. The molecule has 0 saturated heterocycles. The first kappa shape index (κ1) is 12.6. The molecule has 2 N–H and O–H groups in total. The van der Waals surface area contributed by atoms with Gasteiger partial charge in [-0.05, 0) is 37.2 Å². The Balaban J connectivity index is 1.98. The molecule has 1 fully saturated rings. The maximum absolute atomic E-state index is 6.25. The molecule has 0 amide bonds. The molecule has 1 heterocycles. The predicted molar refractivity (Wildman–Crippen MR) is 70.9 cm³/mol. The van der Waals surface area contributed by atoms with Gasteiger partial charge in [0.1, 0.15) is 0 Å². The quantitative estimate of drug-likeness (QED) is 0.824. The molecule has 3 heteroatoms. The maximum atomic E-state index is 6.25. The molecule has 0 bridgehead atoms. The fourth-order valence-corrected chi connectivity index (χ4v) is 2.39. The Morgan fingerprint density at radius 3 is 2.59 bits per heavy atom. The molecule has 1 aromatic heterocycles. The van der Waals surface area contributed by atoms with Gasteiger partial charge in [0.25, 0.3) is 0 Å². The zero-order chi connectivity index (χ0) is 12.5. The van der Waals surface area contributed by atoms with E-state index in [-0.39, 0.29) is 6.04 Å². The molecule has 17 heavy (non-hydrogen) atoms. The SMILES string of the molecule is CCC(CC)n1ccc(CC(N)C2(C)CC2)n1. The van der Waals surface area contributed by atoms with Gasteiger partial charge in [-0.25, -0.2) is 0 Å². The number of hydrogen-bond acceptors (Lipinski definition) is 2. The molecule has 1 unspecified atom stereocenters. The van der Waals surface area contributed by atoms with Crippen molar-refractivity contribution in [3.05, 3.63) is 18.0 Å². The van der Waals surface area contributed by atoms with Gasteiger partial charge in [0.05, 0.1) is 11.7 Å². The first-order valence-electron chi connectivity index (χ1n) is 6.88. The van der Waals surface area contributed by atoms with Crippen molar-refractivity contribution in [2.45, 2.75) is 65.0 Å². The van der Waals surface area contributed by atoms with Crippen molar-refractivity contribution in [3.63, 3.8) is 0 Å². The molecule has 1 saturated carbocycles. The molecule has 0 aliphatic heterocycles. The van der Waals surface area contributed by atoms with Crippen LogP contribution >= 0.6 is 0 Å². The molecule has 1 aromatic rings. The molecule has 1 aliphatic rings. The van der Waals surface area contributed by atoms with E-state index in [4.69, 9.17) is 5.73 Å². The van der Waals surface area contributed by atoms with E-state index in [1.807, 2.05) is 0 Å². The molecular formula is C14H25N3. The van der Waals surface area contributed by atoms with Crippen molar-refractivity contribution in [1.29, 1.82) is 0 Å². The van der Waals surface area contributed by atoms with Gasteiger partial charge in [-0.3, -0.25) is 4.68 Å². The maximum Gasteiger partial charge on any atom is 0.0640 e. The van der Waals surface area contributed by atoms with Crippen molar-refractivity contribution in [2.75, 3.05) is 0 Å². The highest BCUT2D eigenvalue weighted by Crippen LogP contribution is 2.47. The lowest BCUT2D eigenvalue weighted by molar-refractivity contribution is 0.409. The van der Waals surface area contributed by atoms with Crippen LogP contribution in [0.3, 0.4) is 0 Å².